The topological polar surface area (TPSA) is 61.7 Å². The van der Waals surface area contributed by atoms with Crippen LogP contribution in [0.15, 0.2) is 36.5 Å². The number of nitrogens with zero attached hydrogens (tertiary/aromatic N) is 5. The predicted octanol–water partition coefficient (Wildman–Crippen LogP) is 1.73. The maximum Gasteiger partial charge on any atom is 0.236 e. The molecule has 0 spiro atoms. The molecule has 1 unspecified atom stereocenters. The molecule has 7 heteroatoms. The number of amides is 1. The third-order valence-corrected chi connectivity index (χ3v) is 7.20. The highest BCUT2D eigenvalue weighted by atomic mass is 16.2. The van der Waals surface area contributed by atoms with Gasteiger partial charge in [-0.2, -0.15) is 0 Å². The first-order valence-electron chi connectivity index (χ1n) is 11.5. The largest absolute Gasteiger partial charge is 0.339 e. The third kappa shape index (κ3) is 4.16. The lowest BCUT2D eigenvalue weighted by atomic mass is 9.91. The lowest BCUT2D eigenvalue weighted by molar-refractivity contribution is -0.135. The molecule has 2 fully saturated rings. The van der Waals surface area contributed by atoms with Gasteiger partial charge in [-0.25, -0.2) is 4.98 Å². The van der Waals surface area contributed by atoms with Crippen molar-refractivity contribution in [1.82, 2.24) is 24.3 Å². The molecule has 0 N–H and O–H groups in total. The highest BCUT2D eigenvalue weighted by Gasteiger charge is 2.31. The van der Waals surface area contributed by atoms with E-state index in [1.165, 1.54) is 19.3 Å². The molecule has 0 bridgehead atoms. The van der Waals surface area contributed by atoms with E-state index >= 15 is 0 Å². The van der Waals surface area contributed by atoms with Gasteiger partial charge in [0.2, 0.25) is 5.91 Å². The first kappa shape index (κ1) is 20.4. The Morgan fingerprint density at radius 2 is 1.84 bits per heavy atom. The predicted molar refractivity (Wildman–Crippen MR) is 118 cm³/mol. The van der Waals surface area contributed by atoms with E-state index in [9.17, 15) is 9.59 Å². The Morgan fingerprint density at radius 3 is 2.52 bits per heavy atom. The van der Waals surface area contributed by atoms with Crippen molar-refractivity contribution in [2.75, 3.05) is 39.3 Å². The number of carbonyl (C=O) groups is 2. The van der Waals surface area contributed by atoms with E-state index in [1.54, 1.807) is 0 Å². The zero-order valence-corrected chi connectivity index (χ0v) is 18.0. The highest BCUT2D eigenvalue weighted by Crippen LogP contribution is 2.27. The van der Waals surface area contributed by atoms with Gasteiger partial charge in [0, 0.05) is 51.5 Å². The standard InChI is InChI=1S/C24H31N5O2/c30-18-21(19-5-2-1-3-6-19)22-15-25-23-16-26(9-14-29(22)23)17-24(31)28-12-10-27(11-13-28)20-7-4-8-20/h1-3,5-6,15,18,20-21H,4,7-14,16-17H2. The van der Waals surface area contributed by atoms with E-state index in [-0.39, 0.29) is 11.8 Å². The molecule has 0 radical (unpaired) electrons. The van der Waals surface area contributed by atoms with Crippen LogP contribution in [-0.4, -0.2) is 81.8 Å². The Labute approximate surface area is 183 Å². The molecular weight excluding hydrogens is 390 g/mol. The fourth-order valence-electron chi connectivity index (χ4n) is 5.08. The maximum absolute atomic E-state index is 12.9. The molecule has 164 valence electrons. The molecule has 1 amide bonds. The Kier molecular flexibility index (Phi) is 5.87. The molecular formula is C24H31N5O2. The van der Waals surface area contributed by atoms with Crippen LogP contribution in [0.5, 0.6) is 0 Å². The summed E-state index contributed by atoms with van der Waals surface area (Å²) in [6.07, 6.45) is 6.83. The average molecular weight is 422 g/mol. The Morgan fingerprint density at radius 1 is 1.06 bits per heavy atom. The lowest BCUT2D eigenvalue weighted by Gasteiger charge is -2.43. The number of hydrogen-bond donors (Lipinski definition) is 0. The molecule has 2 aliphatic heterocycles. The van der Waals surface area contributed by atoms with E-state index in [0.717, 1.165) is 68.7 Å². The van der Waals surface area contributed by atoms with Crippen molar-refractivity contribution >= 4 is 12.2 Å². The molecule has 1 saturated carbocycles. The summed E-state index contributed by atoms with van der Waals surface area (Å²) in [4.78, 5) is 36.1. The van der Waals surface area contributed by atoms with Gasteiger partial charge in [-0.3, -0.25) is 14.6 Å². The Balaban J connectivity index is 1.19. The van der Waals surface area contributed by atoms with E-state index < -0.39 is 0 Å². The van der Waals surface area contributed by atoms with Crippen molar-refractivity contribution in [3.63, 3.8) is 0 Å². The molecule has 1 aromatic heterocycles. The van der Waals surface area contributed by atoms with Gasteiger partial charge < -0.3 is 14.3 Å². The van der Waals surface area contributed by atoms with E-state index in [1.807, 2.05) is 41.4 Å². The van der Waals surface area contributed by atoms with E-state index in [4.69, 9.17) is 0 Å². The molecule has 2 aromatic rings. The number of imidazole rings is 1. The van der Waals surface area contributed by atoms with Gasteiger partial charge in [0.05, 0.1) is 24.7 Å². The van der Waals surface area contributed by atoms with Crippen LogP contribution in [0.1, 0.15) is 42.3 Å². The zero-order chi connectivity index (χ0) is 21.2. The minimum absolute atomic E-state index is 0.226. The number of carbonyl (C=O) groups excluding carboxylic acids is 2. The first-order chi connectivity index (χ1) is 15.2. The van der Waals surface area contributed by atoms with Crippen LogP contribution in [0.2, 0.25) is 0 Å². The van der Waals surface area contributed by atoms with Gasteiger partial charge in [0.1, 0.15) is 12.1 Å². The number of benzene rings is 1. The van der Waals surface area contributed by atoms with Crippen molar-refractivity contribution < 1.29 is 9.59 Å². The van der Waals surface area contributed by atoms with Crippen LogP contribution in [0.25, 0.3) is 0 Å². The van der Waals surface area contributed by atoms with Gasteiger partial charge in [0.15, 0.2) is 0 Å². The van der Waals surface area contributed by atoms with Crippen molar-refractivity contribution in [3.8, 4) is 0 Å². The second-order valence-corrected chi connectivity index (χ2v) is 8.99. The number of piperazine rings is 1. The summed E-state index contributed by atoms with van der Waals surface area (Å²) in [6.45, 7) is 6.36. The fraction of sp³-hybridized carbons (Fsp3) is 0.542. The van der Waals surface area contributed by atoms with Gasteiger partial charge in [-0.15, -0.1) is 0 Å². The van der Waals surface area contributed by atoms with Crippen LogP contribution < -0.4 is 0 Å². The summed E-state index contributed by atoms with van der Waals surface area (Å²) in [7, 11) is 0. The van der Waals surface area contributed by atoms with Crippen molar-refractivity contribution in [1.29, 1.82) is 0 Å². The van der Waals surface area contributed by atoms with Gasteiger partial charge in [-0.05, 0) is 18.4 Å². The Hall–Kier alpha value is -2.51. The first-order valence-corrected chi connectivity index (χ1v) is 11.5. The molecule has 1 aromatic carbocycles. The van der Waals surface area contributed by atoms with Gasteiger partial charge in [-0.1, -0.05) is 36.8 Å². The van der Waals surface area contributed by atoms with Crippen LogP contribution in [-0.2, 0) is 22.7 Å². The minimum Gasteiger partial charge on any atom is -0.339 e. The number of aromatic nitrogens is 2. The monoisotopic (exact) mass is 421 g/mol. The van der Waals surface area contributed by atoms with Crippen molar-refractivity contribution in [2.45, 2.75) is 44.3 Å². The number of rotatable bonds is 6. The second-order valence-electron chi connectivity index (χ2n) is 8.99. The summed E-state index contributed by atoms with van der Waals surface area (Å²) >= 11 is 0. The average Bonchev–Trinajstić information content (AvgIpc) is 3.17. The molecule has 3 heterocycles. The summed E-state index contributed by atoms with van der Waals surface area (Å²) < 4.78 is 2.16. The van der Waals surface area contributed by atoms with Crippen molar-refractivity contribution in [2.24, 2.45) is 0 Å². The van der Waals surface area contributed by atoms with Crippen LogP contribution in [0, 0.1) is 0 Å². The van der Waals surface area contributed by atoms with Gasteiger partial charge in [0.25, 0.3) is 0 Å². The second kappa shape index (κ2) is 8.93. The quantitative estimate of drug-likeness (QED) is 0.665. The smallest absolute Gasteiger partial charge is 0.236 e. The SMILES string of the molecule is O=CC(c1ccccc1)c1cnc2n1CCN(CC(=O)N1CCN(C3CCC3)CC1)C2. The summed E-state index contributed by atoms with van der Waals surface area (Å²) in [5.41, 5.74) is 1.92. The van der Waals surface area contributed by atoms with Crippen LogP contribution in [0.4, 0.5) is 0 Å². The maximum atomic E-state index is 12.9. The molecule has 1 atom stereocenters. The fourth-order valence-corrected chi connectivity index (χ4v) is 5.08. The normalized spacial score (nSPS) is 21.4. The number of fused-ring (bicyclic) bond motifs is 1. The molecule has 1 saturated heterocycles. The summed E-state index contributed by atoms with van der Waals surface area (Å²) in [6, 6.07) is 10.6. The minimum atomic E-state index is -0.303. The summed E-state index contributed by atoms with van der Waals surface area (Å²) in [5.74, 6) is 0.859. The van der Waals surface area contributed by atoms with E-state index in [0.29, 0.717) is 13.1 Å². The molecule has 5 rings (SSSR count). The van der Waals surface area contributed by atoms with E-state index in [2.05, 4.69) is 19.4 Å². The third-order valence-electron chi connectivity index (χ3n) is 7.20. The lowest BCUT2D eigenvalue weighted by Crippen LogP contribution is -2.55. The molecule has 31 heavy (non-hydrogen) atoms. The van der Waals surface area contributed by atoms with Crippen molar-refractivity contribution in [3.05, 3.63) is 53.6 Å². The molecule has 7 nitrogen and oxygen atoms in total. The number of aldehydes is 1. The van der Waals surface area contributed by atoms with Gasteiger partial charge >= 0.3 is 0 Å². The van der Waals surface area contributed by atoms with Crippen LogP contribution >= 0.6 is 0 Å². The number of hydrogen-bond acceptors (Lipinski definition) is 5. The highest BCUT2D eigenvalue weighted by molar-refractivity contribution is 5.78. The molecule has 3 aliphatic rings. The summed E-state index contributed by atoms with van der Waals surface area (Å²) in [5, 5.41) is 0. The zero-order valence-electron chi connectivity index (χ0n) is 18.0. The Bertz CT molecular complexity index is 915. The molecule has 1 aliphatic carbocycles. The van der Waals surface area contributed by atoms with Crippen LogP contribution in [0.3, 0.4) is 0 Å².